The van der Waals surface area contributed by atoms with Gasteiger partial charge in [0.25, 0.3) is 0 Å². The Morgan fingerprint density at radius 3 is 1.67 bits per heavy atom. The molecule has 45 heavy (non-hydrogen) atoms. The van der Waals surface area contributed by atoms with Gasteiger partial charge in [0.15, 0.2) is 0 Å². The molecular formula is C45H28. The molecular weight excluding hydrogens is 540 g/mol. The van der Waals surface area contributed by atoms with Gasteiger partial charge in [-0.1, -0.05) is 146 Å². The van der Waals surface area contributed by atoms with Crippen molar-refractivity contribution in [3.63, 3.8) is 0 Å². The highest BCUT2D eigenvalue weighted by Gasteiger charge is 2.19. The molecule has 0 saturated heterocycles. The summed E-state index contributed by atoms with van der Waals surface area (Å²) in [5.41, 5.74) is 13.1. The van der Waals surface area contributed by atoms with Crippen LogP contribution in [0.3, 0.4) is 0 Å². The third-order valence-electron chi connectivity index (χ3n) is 10.0. The minimum Gasteiger partial charge on any atom is -0.0622 e. The molecule has 10 rings (SSSR count). The summed E-state index contributed by atoms with van der Waals surface area (Å²) in [6, 6.07) is 58.7. The van der Waals surface area contributed by atoms with Gasteiger partial charge in [0.2, 0.25) is 0 Å². The normalized spacial score (nSPS) is 12.4. The first-order valence-corrected chi connectivity index (χ1v) is 15.8. The van der Waals surface area contributed by atoms with Crippen molar-refractivity contribution in [2.45, 2.75) is 6.42 Å². The Balaban J connectivity index is 1.14. The van der Waals surface area contributed by atoms with Gasteiger partial charge in [-0.05, 0) is 117 Å². The third-order valence-corrected chi connectivity index (χ3v) is 10.0. The first kappa shape index (κ1) is 24.7. The molecule has 1 aliphatic rings. The molecule has 9 aromatic rings. The Hall–Kier alpha value is -5.72. The molecule has 0 spiro atoms. The smallest absolute Gasteiger partial charge is 0.00132 e. The summed E-state index contributed by atoms with van der Waals surface area (Å²) >= 11 is 0. The first-order valence-electron chi connectivity index (χ1n) is 15.8. The largest absolute Gasteiger partial charge is 0.0622 e. The summed E-state index contributed by atoms with van der Waals surface area (Å²) in [4.78, 5) is 0. The molecule has 9 aromatic carbocycles. The SMILES string of the molecule is c1ccc(-c2ccc3ccc4c(-c5cccc(-c6ccc7c(c6)-c6cccc8cccc(c68)C7)c5)ccc5ccc2c3c54)cc1. The van der Waals surface area contributed by atoms with Crippen molar-refractivity contribution >= 4 is 43.1 Å². The molecule has 0 aromatic heterocycles. The van der Waals surface area contributed by atoms with Crippen LogP contribution in [0.15, 0.2) is 158 Å². The summed E-state index contributed by atoms with van der Waals surface area (Å²) in [6.45, 7) is 0. The van der Waals surface area contributed by atoms with Gasteiger partial charge in [0.05, 0.1) is 0 Å². The molecule has 0 unspecified atom stereocenters. The molecule has 0 nitrogen and oxygen atoms in total. The van der Waals surface area contributed by atoms with Crippen LogP contribution in [0.2, 0.25) is 0 Å². The molecule has 0 aliphatic heterocycles. The maximum absolute atomic E-state index is 2.41. The Bertz CT molecular complexity index is 2600. The maximum Gasteiger partial charge on any atom is -0.00132 e. The van der Waals surface area contributed by atoms with E-state index in [4.69, 9.17) is 0 Å². The Morgan fingerprint density at radius 2 is 0.889 bits per heavy atom. The monoisotopic (exact) mass is 568 g/mol. The van der Waals surface area contributed by atoms with Crippen LogP contribution in [0.4, 0.5) is 0 Å². The molecule has 208 valence electrons. The highest BCUT2D eigenvalue weighted by Crippen LogP contribution is 2.44. The highest BCUT2D eigenvalue weighted by atomic mass is 14.2. The number of hydrogen-bond donors (Lipinski definition) is 0. The van der Waals surface area contributed by atoms with Gasteiger partial charge >= 0.3 is 0 Å². The second kappa shape index (κ2) is 9.39. The quantitative estimate of drug-likeness (QED) is 0.186. The van der Waals surface area contributed by atoms with Crippen LogP contribution in [-0.4, -0.2) is 0 Å². The van der Waals surface area contributed by atoms with E-state index in [9.17, 15) is 0 Å². The van der Waals surface area contributed by atoms with E-state index in [2.05, 4.69) is 158 Å². The summed E-state index contributed by atoms with van der Waals surface area (Å²) in [7, 11) is 0. The number of rotatable bonds is 3. The van der Waals surface area contributed by atoms with Crippen molar-refractivity contribution in [3.05, 3.63) is 169 Å². The zero-order valence-corrected chi connectivity index (χ0v) is 24.7. The van der Waals surface area contributed by atoms with Gasteiger partial charge in [-0.3, -0.25) is 0 Å². The van der Waals surface area contributed by atoms with Gasteiger partial charge in [-0.15, -0.1) is 0 Å². The highest BCUT2D eigenvalue weighted by molar-refractivity contribution is 6.27. The Morgan fingerprint density at radius 1 is 0.289 bits per heavy atom. The van der Waals surface area contributed by atoms with Gasteiger partial charge in [-0.25, -0.2) is 0 Å². The summed E-state index contributed by atoms with van der Waals surface area (Å²) in [5, 5.41) is 10.6. The zero-order valence-electron chi connectivity index (χ0n) is 24.7. The second-order valence-electron chi connectivity index (χ2n) is 12.5. The van der Waals surface area contributed by atoms with Crippen molar-refractivity contribution in [2.75, 3.05) is 0 Å². The van der Waals surface area contributed by atoms with Gasteiger partial charge < -0.3 is 0 Å². The minimum absolute atomic E-state index is 0.985. The molecule has 0 fully saturated rings. The molecule has 1 aliphatic carbocycles. The Kier molecular flexibility index (Phi) is 5.15. The Labute approximate surface area is 262 Å². The fraction of sp³-hybridized carbons (Fsp3) is 0.0222. The minimum atomic E-state index is 0.985. The molecule has 0 radical (unpaired) electrons. The lowest BCUT2D eigenvalue weighted by atomic mass is 9.82. The molecule has 0 N–H and O–H groups in total. The molecule has 0 saturated carbocycles. The van der Waals surface area contributed by atoms with Gasteiger partial charge in [-0.2, -0.15) is 0 Å². The fourth-order valence-electron chi connectivity index (χ4n) is 7.95. The third kappa shape index (κ3) is 3.66. The topological polar surface area (TPSA) is 0 Å². The lowest BCUT2D eigenvalue weighted by Crippen LogP contribution is -2.01. The van der Waals surface area contributed by atoms with Crippen molar-refractivity contribution < 1.29 is 0 Å². The zero-order chi connectivity index (χ0) is 29.5. The van der Waals surface area contributed by atoms with E-state index in [0.717, 1.165) is 6.42 Å². The van der Waals surface area contributed by atoms with Crippen molar-refractivity contribution in [2.24, 2.45) is 0 Å². The van der Waals surface area contributed by atoms with Gasteiger partial charge in [0, 0.05) is 0 Å². The van der Waals surface area contributed by atoms with Crippen LogP contribution in [-0.2, 0) is 6.42 Å². The maximum atomic E-state index is 2.41. The first-order chi connectivity index (χ1) is 22.3. The van der Waals surface area contributed by atoms with Gasteiger partial charge in [0.1, 0.15) is 0 Å². The predicted octanol–water partition coefficient (Wildman–Crippen LogP) is 12.3. The molecule has 0 atom stereocenters. The van der Waals surface area contributed by atoms with Crippen LogP contribution >= 0.6 is 0 Å². The number of hydrogen-bond acceptors (Lipinski definition) is 0. The van der Waals surface area contributed by atoms with E-state index in [-0.39, 0.29) is 0 Å². The lowest BCUT2D eigenvalue weighted by molar-refractivity contribution is 1.20. The summed E-state index contributed by atoms with van der Waals surface area (Å²) in [5.74, 6) is 0. The van der Waals surface area contributed by atoms with Crippen molar-refractivity contribution in [1.29, 1.82) is 0 Å². The number of benzene rings is 9. The lowest BCUT2D eigenvalue weighted by Gasteiger charge is -2.22. The average molecular weight is 569 g/mol. The van der Waals surface area contributed by atoms with E-state index in [1.165, 1.54) is 98.7 Å². The van der Waals surface area contributed by atoms with E-state index < -0.39 is 0 Å². The molecule has 0 amide bonds. The van der Waals surface area contributed by atoms with Crippen LogP contribution < -0.4 is 0 Å². The number of fused-ring (bicyclic) bond motifs is 2. The summed E-state index contributed by atoms with van der Waals surface area (Å²) in [6.07, 6.45) is 0.985. The fourth-order valence-corrected chi connectivity index (χ4v) is 7.95. The molecule has 0 heterocycles. The second-order valence-corrected chi connectivity index (χ2v) is 12.5. The molecule has 0 heteroatoms. The molecule has 0 bridgehead atoms. The van der Waals surface area contributed by atoms with E-state index in [1.54, 1.807) is 0 Å². The van der Waals surface area contributed by atoms with E-state index in [0.29, 0.717) is 0 Å². The summed E-state index contributed by atoms with van der Waals surface area (Å²) < 4.78 is 0. The van der Waals surface area contributed by atoms with Crippen LogP contribution in [0.5, 0.6) is 0 Å². The van der Waals surface area contributed by atoms with Crippen LogP contribution in [0, 0.1) is 0 Å². The van der Waals surface area contributed by atoms with Crippen molar-refractivity contribution in [3.8, 4) is 44.5 Å². The average Bonchev–Trinajstić information content (AvgIpc) is 3.11. The van der Waals surface area contributed by atoms with Crippen LogP contribution in [0.25, 0.3) is 87.6 Å². The predicted molar refractivity (Wildman–Crippen MR) is 192 cm³/mol. The van der Waals surface area contributed by atoms with Crippen molar-refractivity contribution in [1.82, 2.24) is 0 Å². The standard InChI is InChI=1S/C45H28/c1-2-7-28(8-3-1)37-21-17-30-20-24-41-38(22-18-31-19-23-40(37)44(30)45(31)41)34-12-5-11-32(25-34)33-15-16-35-26-36-13-4-9-29-10-6-14-39(43(29)36)42(35)27-33/h1-25,27H,26H2. The van der Waals surface area contributed by atoms with E-state index >= 15 is 0 Å². The van der Waals surface area contributed by atoms with E-state index in [1.807, 2.05) is 0 Å². The van der Waals surface area contributed by atoms with Crippen LogP contribution in [0.1, 0.15) is 11.1 Å².